The van der Waals surface area contributed by atoms with Crippen LogP contribution in [0.15, 0.2) is 60.7 Å². The monoisotopic (exact) mass is 447 g/mol. The standard InChI is InChI=1S/C26H29N3O2S/c1-31-20-13-11-19(12-14-20)28-15-6-16-29(18-17-28)26(30)22-8-3-2-7-21(22)25-27-23-9-4-5-10-24(23)32-25/h2-5,9-14,21-22H,6-8,15-18H2,1H3. The number of methoxy groups -OCH3 is 1. The van der Waals surface area contributed by atoms with E-state index in [0.29, 0.717) is 0 Å². The number of ether oxygens (including phenoxy) is 1. The van der Waals surface area contributed by atoms with Crippen molar-refractivity contribution in [3.05, 3.63) is 65.7 Å². The minimum atomic E-state index is -0.0203. The molecule has 0 saturated carbocycles. The number of hydrogen-bond acceptors (Lipinski definition) is 5. The average Bonchev–Trinajstić information content (AvgIpc) is 3.13. The van der Waals surface area contributed by atoms with E-state index in [-0.39, 0.29) is 17.7 Å². The van der Waals surface area contributed by atoms with Gasteiger partial charge in [0.2, 0.25) is 5.91 Å². The molecule has 3 aromatic rings. The molecule has 1 amide bonds. The van der Waals surface area contributed by atoms with Crippen LogP contribution in [-0.2, 0) is 4.79 Å². The van der Waals surface area contributed by atoms with Crippen molar-refractivity contribution in [2.75, 3.05) is 38.2 Å². The van der Waals surface area contributed by atoms with Crippen LogP contribution in [0.25, 0.3) is 10.2 Å². The number of carbonyl (C=O) groups excluding carboxylic acids is 1. The molecule has 1 fully saturated rings. The Bertz CT molecular complexity index is 1070. The highest BCUT2D eigenvalue weighted by atomic mass is 32.1. The first-order valence-electron chi connectivity index (χ1n) is 11.4. The Morgan fingerprint density at radius 3 is 2.62 bits per heavy atom. The molecule has 2 aromatic carbocycles. The van der Waals surface area contributed by atoms with Gasteiger partial charge < -0.3 is 14.5 Å². The third kappa shape index (κ3) is 4.24. The topological polar surface area (TPSA) is 45.7 Å². The number of benzene rings is 2. The number of hydrogen-bond donors (Lipinski definition) is 0. The van der Waals surface area contributed by atoms with Crippen LogP contribution < -0.4 is 9.64 Å². The van der Waals surface area contributed by atoms with Crippen molar-refractivity contribution < 1.29 is 9.53 Å². The maximum absolute atomic E-state index is 13.7. The largest absolute Gasteiger partial charge is 0.497 e. The van der Waals surface area contributed by atoms with E-state index in [9.17, 15) is 4.79 Å². The zero-order valence-corrected chi connectivity index (χ0v) is 19.3. The highest BCUT2D eigenvalue weighted by Gasteiger charge is 2.35. The van der Waals surface area contributed by atoms with Crippen LogP contribution in [0.4, 0.5) is 5.69 Å². The van der Waals surface area contributed by atoms with Gasteiger partial charge >= 0.3 is 0 Å². The van der Waals surface area contributed by atoms with Gasteiger partial charge in [-0.15, -0.1) is 11.3 Å². The molecule has 2 heterocycles. The zero-order valence-electron chi connectivity index (χ0n) is 18.4. The van der Waals surface area contributed by atoms with Crippen molar-refractivity contribution in [1.82, 2.24) is 9.88 Å². The third-order valence-electron chi connectivity index (χ3n) is 6.62. The van der Waals surface area contributed by atoms with Gasteiger partial charge in [-0.05, 0) is 55.7 Å². The van der Waals surface area contributed by atoms with E-state index in [1.807, 2.05) is 18.2 Å². The molecule has 0 spiro atoms. The molecule has 32 heavy (non-hydrogen) atoms. The van der Waals surface area contributed by atoms with E-state index >= 15 is 0 Å². The summed E-state index contributed by atoms with van der Waals surface area (Å²) >= 11 is 1.74. The lowest BCUT2D eigenvalue weighted by molar-refractivity contribution is -0.136. The van der Waals surface area contributed by atoms with Crippen LogP contribution >= 0.6 is 11.3 Å². The van der Waals surface area contributed by atoms with Crippen molar-refractivity contribution >= 4 is 33.1 Å². The predicted octanol–water partition coefficient (Wildman–Crippen LogP) is 5.09. The van der Waals surface area contributed by atoms with Crippen LogP contribution in [0.2, 0.25) is 0 Å². The minimum Gasteiger partial charge on any atom is -0.497 e. The van der Waals surface area contributed by atoms with E-state index in [2.05, 4.69) is 52.3 Å². The molecule has 2 aliphatic rings. The second-order valence-corrected chi connectivity index (χ2v) is 9.60. The number of allylic oxidation sites excluding steroid dienone is 2. The first kappa shape index (κ1) is 21.0. The van der Waals surface area contributed by atoms with E-state index < -0.39 is 0 Å². The molecule has 0 bridgehead atoms. The summed E-state index contributed by atoms with van der Waals surface area (Å²) in [7, 11) is 1.69. The Balaban J connectivity index is 1.30. The summed E-state index contributed by atoms with van der Waals surface area (Å²) in [5.74, 6) is 1.31. The van der Waals surface area contributed by atoms with Crippen LogP contribution in [0.3, 0.4) is 0 Å². The first-order chi connectivity index (χ1) is 15.7. The van der Waals surface area contributed by atoms with Crippen LogP contribution in [0.5, 0.6) is 5.75 Å². The second kappa shape index (κ2) is 9.33. The van der Waals surface area contributed by atoms with Crippen LogP contribution in [-0.4, -0.2) is 49.1 Å². The van der Waals surface area contributed by atoms with Gasteiger partial charge in [0.05, 0.1) is 28.3 Å². The lowest BCUT2D eigenvalue weighted by Crippen LogP contribution is -2.41. The van der Waals surface area contributed by atoms with Crippen molar-refractivity contribution in [3.8, 4) is 5.75 Å². The third-order valence-corrected chi connectivity index (χ3v) is 7.79. The highest BCUT2D eigenvalue weighted by Crippen LogP contribution is 2.39. The smallest absolute Gasteiger partial charge is 0.226 e. The number of aromatic nitrogens is 1. The molecule has 1 aliphatic heterocycles. The molecule has 0 N–H and O–H groups in total. The number of thiazole rings is 1. The van der Waals surface area contributed by atoms with Gasteiger partial charge in [-0.25, -0.2) is 4.98 Å². The van der Waals surface area contributed by atoms with Crippen LogP contribution in [0.1, 0.15) is 30.2 Å². The number of fused-ring (bicyclic) bond motifs is 1. The van der Waals surface area contributed by atoms with E-state index in [1.54, 1.807) is 18.4 Å². The molecule has 5 nitrogen and oxygen atoms in total. The number of amides is 1. The minimum absolute atomic E-state index is 0.0203. The fourth-order valence-electron chi connectivity index (χ4n) is 4.83. The Labute approximate surface area is 193 Å². The van der Waals surface area contributed by atoms with E-state index in [4.69, 9.17) is 9.72 Å². The summed E-state index contributed by atoms with van der Waals surface area (Å²) < 4.78 is 6.48. The van der Waals surface area contributed by atoms with Gasteiger partial charge in [0.1, 0.15) is 5.75 Å². The molecule has 1 aliphatic carbocycles. The normalized spacial score (nSPS) is 21.5. The Hall–Kier alpha value is -2.86. The molecule has 1 aromatic heterocycles. The second-order valence-electron chi connectivity index (χ2n) is 8.54. The SMILES string of the molecule is COc1ccc(N2CCCN(C(=O)C3CC=CCC3c3nc4ccccc4s3)CC2)cc1. The van der Waals surface area contributed by atoms with Gasteiger partial charge in [0.15, 0.2) is 0 Å². The summed E-state index contributed by atoms with van der Waals surface area (Å²) in [6.45, 7) is 3.39. The van der Waals surface area contributed by atoms with Gasteiger partial charge in [-0.3, -0.25) is 4.79 Å². The molecule has 1 saturated heterocycles. The number of para-hydroxylation sites is 1. The Morgan fingerprint density at radius 1 is 1.00 bits per heavy atom. The number of anilines is 1. The fourth-order valence-corrected chi connectivity index (χ4v) is 5.98. The maximum Gasteiger partial charge on any atom is 0.226 e. The average molecular weight is 448 g/mol. The molecular weight excluding hydrogens is 418 g/mol. The molecule has 0 radical (unpaired) electrons. The molecule has 6 heteroatoms. The number of carbonyl (C=O) groups is 1. The predicted molar refractivity (Wildman–Crippen MR) is 131 cm³/mol. The fraction of sp³-hybridized carbons (Fsp3) is 0.385. The molecule has 166 valence electrons. The van der Waals surface area contributed by atoms with Crippen molar-refractivity contribution in [3.63, 3.8) is 0 Å². The maximum atomic E-state index is 13.7. The first-order valence-corrected chi connectivity index (χ1v) is 12.2. The van der Waals surface area contributed by atoms with Gasteiger partial charge in [0.25, 0.3) is 0 Å². The number of nitrogens with zero attached hydrogens (tertiary/aromatic N) is 3. The van der Waals surface area contributed by atoms with Crippen molar-refractivity contribution in [1.29, 1.82) is 0 Å². The molecule has 2 unspecified atom stereocenters. The van der Waals surface area contributed by atoms with Gasteiger partial charge in [-0.1, -0.05) is 24.3 Å². The number of rotatable bonds is 4. The summed E-state index contributed by atoms with van der Waals surface area (Å²) in [5, 5.41) is 1.10. The highest BCUT2D eigenvalue weighted by molar-refractivity contribution is 7.18. The quantitative estimate of drug-likeness (QED) is 0.523. The van der Waals surface area contributed by atoms with Crippen molar-refractivity contribution in [2.45, 2.75) is 25.2 Å². The molecule has 5 rings (SSSR count). The lowest BCUT2D eigenvalue weighted by Gasteiger charge is -2.31. The van der Waals surface area contributed by atoms with Gasteiger partial charge in [-0.2, -0.15) is 0 Å². The van der Waals surface area contributed by atoms with E-state index in [0.717, 1.165) is 61.7 Å². The lowest BCUT2D eigenvalue weighted by atomic mass is 9.82. The summed E-state index contributed by atoms with van der Waals surface area (Å²) in [4.78, 5) is 23.0. The Kier molecular flexibility index (Phi) is 6.12. The van der Waals surface area contributed by atoms with E-state index in [1.165, 1.54) is 10.4 Å². The molecule has 2 atom stereocenters. The molecular formula is C26H29N3O2S. The van der Waals surface area contributed by atoms with Crippen LogP contribution in [0, 0.1) is 5.92 Å². The Morgan fingerprint density at radius 2 is 1.81 bits per heavy atom. The summed E-state index contributed by atoms with van der Waals surface area (Å²) in [5.41, 5.74) is 2.23. The van der Waals surface area contributed by atoms with Gasteiger partial charge in [0, 0.05) is 37.8 Å². The summed E-state index contributed by atoms with van der Waals surface area (Å²) in [6, 6.07) is 16.5. The zero-order chi connectivity index (χ0) is 21.9. The van der Waals surface area contributed by atoms with Crippen molar-refractivity contribution in [2.24, 2.45) is 5.92 Å². The summed E-state index contributed by atoms with van der Waals surface area (Å²) in [6.07, 6.45) is 7.06.